The second-order valence-corrected chi connectivity index (χ2v) is 6.52. The number of esters is 1. The Hall–Kier alpha value is -2.73. The first kappa shape index (κ1) is 17.1. The van der Waals surface area contributed by atoms with Gasteiger partial charge in [-0.3, -0.25) is 4.79 Å². The number of benzene rings is 2. The molecule has 3 rings (SSSR count). The molecule has 0 amide bonds. The molecule has 2 aromatic carbocycles. The Morgan fingerprint density at radius 3 is 2.48 bits per heavy atom. The molecule has 0 radical (unpaired) electrons. The quantitative estimate of drug-likeness (QED) is 0.505. The lowest BCUT2D eigenvalue weighted by molar-refractivity contribution is -0.144. The van der Waals surface area contributed by atoms with Crippen LogP contribution in [0, 0.1) is 12.3 Å². The van der Waals surface area contributed by atoms with Crippen LogP contribution in [0.2, 0.25) is 0 Å². The van der Waals surface area contributed by atoms with Gasteiger partial charge < -0.3 is 10.5 Å². The Bertz CT molecular complexity index is 863. The van der Waals surface area contributed by atoms with Crippen LogP contribution in [-0.4, -0.2) is 12.6 Å². The lowest BCUT2D eigenvalue weighted by Gasteiger charge is -2.31. The van der Waals surface area contributed by atoms with Gasteiger partial charge in [-0.05, 0) is 59.9 Å². The number of carbonyl (C=O) groups is 1. The van der Waals surface area contributed by atoms with Crippen LogP contribution in [-0.2, 0) is 14.9 Å². The average Bonchev–Trinajstić information content (AvgIpc) is 2.84. The van der Waals surface area contributed by atoms with E-state index in [9.17, 15) is 4.79 Å². The standard InChI is InChI=1S/C22H23NO2/c1-4-11-22(14-21(24)25-6-3)19-12-15(5-2)7-9-17(19)18-10-8-16(23)13-20(18)22/h2,7-10,12-13H,4,6,11,14,23H2,1,3H3. The largest absolute Gasteiger partial charge is 0.466 e. The number of nitrogen functional groups attached to an aromatic ring is 1. The molecular formula is C22H23NO2. The van der Waals surface area contributed by atoms with E-state index < -0.39 is 5.41 Å². The van der Waals surface area contributed by atoms with Crippen molar-refractivity contribution in [2.24, 2.45) is 0 Å². The van der Waals surface area contributed by atoms with Crippen LogP contribution in [0.15, 0.2) is 36.4 Å². The fourth-order valence-corrected chi connectivity index (χ4v) is 4.04. The van der Waals surface area contributed by atoms with Crippen LogP contribution in [0.1, 0.15) is 49.8 Å². The molecule has 0 saturated heterocycles. The topological polar surface area (TPSA) is 52.3 Å². The minimum absolute atomic E-state index is 0.191. The molecule has 0 aliphatic heterocycles. The van der Waals surface area contributed by atoms with Gasteiger partial charge in [-0.25, -0.2) is 0 Å². The van der Waals surface area contributed by atoms with E-state index in [0.29, 0.717) is 18.7 Å². The van der Waals surface area contributed by atoms with Gasteiger partial charge in [-0.15, -0.1) is 6.42 Å². The van der Waals surface area contributed by atoms with Crippen molar-refractivity contribution >= 4 is 11.7 Å². The third-order valence-electron chi connectivity index (χ3n) is 4.98. The van der Waals surface area contributed by atoms with Gasteiger partial charge in [-0.2, -0.15) is 0 Å². The van der Waals surface area contributed by atoms with Gasteiger partial charge in [0, 0.05) is 16.7 Å². The summed E-state index contributed by atoms with van der Waals surface area (Å²) < 4.78 is 5.28. The Kier molecular flexibility index (Phi) is 4.55. The number of rotatable bonds is 5. The van der Waals surface area contributed by atoms with Crippen molar-refractivity contribution in [2.45, 2.75) is 38.5 Å². The van der Waals surface area contributed by atoms with Crippen LogP contribution in [0.25, 0.3) is 11.1 Å². The summed E-state index contributed by atoms with van der Waals surface area (Å²) >= 11 is 0. The normalized spacial score (nSPS) is 17.5. The monoisotopic (exact) mass is 333 g/mol. The van der Waals surface area contributed by atoms with Gasteiger partial charge in [0.25, 0.3) is 0 Å². The second-order valence-electron chi connectivity index (χ2n) is 6.52. The number of nitrogens with two attached hydrogens (primary N) is 1. The first-order chi connectivity index (χ1) is 12.1. The van der Waals surface area contributed by atoms with Crippen LogP contribution in [0.5, 0.6) is 0 Å². The SMILES string of the molecule is C#Cc1ccc2c(c1)C(CCC)(CC(=O)OCC)c1cc(N)ccc1-2. The third kappa shape index (κ3) is 2.78. The maximum Gasteiger partial charge on any atom is 0.307 e. The molecule has 0 fully saturated rings. The molecule has 25 heavy (non-hydrogen) atoms. The van der Waals surface area contributed by atoms with Crippen molar-refractivity contribution in [2.75, 3.05) is 12.3 Å². The highest BCUT2D eigenvalue weighted by Crippen LogP contribution is 2.54. The fourth-order valence-electron chi connectivity index (χ4n) is 4.04. The van der Waals surface area contributed by atoms with Crippen molar-refractivity contribution in [3.05, 3.63) is 53.1 Å². The number of hydrogen-bond donors (Lipinski definition) is 1. The summed E-state index contributed by atoms with van der Waals surface area (Å²) in [5.74, 6) is 2.52. The fraction of sp³-hybridized carbons (Fsp3) is 0.318. The summed E-state index contributed by atoms with van der Waals surface area (Å²) in [5, 5.41) is 0. The molecule has 0 heterocycles. The number of ether oxygens (including phenoxy) is 1. The zero-order chi connectivity index (χ0) is 18.0. The van der Waals surface area contributed by atoms with Gasteiger partial charge in [0.1, 0.15) is 0 Å². The van der Waals surface area contributed by atoms with E-state index in [1.54, 1.807) is 0 Å². The molecule has 1 aliphatic rings. The van der Waals surface area contributed by atoms with E-state index in [2.05, 4.69) is 18.9 Å². The van der Waals surface area contributed by atoms with Crippen LogP contribution in [0.3, 0.4) is 0 Å². The minimum atomic E-state index is -0.437. The highest BCUT2D eigenvalue weighted by molar-refractivity contribution is 5.86. The third-order valence-corrected chi connectivity index (χ3v) is 4.98. The molecule has 1 aliphatic carbocycles. The lowest BCUT2D eigenvalue weighted by atomic mass is 9.72. The number of terminal acetylenes is 1. The smallest absolute Gasteiger partial charge is 0.307 e. The zero-order valence-electron chi connectivity index (χ0n) is 14.8. The van der Waals surface area contributed by atoms with E-state index in [0.717, 1.165) is 40.7 Å². The van der Waals surface area contributed by atoms with Gasteiger partial charge in [-0.1, -0.05) is 31.4 Å². The molecule has 0 bridgehead atoms. The van der Waals surface area contributed by atoms with E-state index in [-0.39, 0.29) is 5.97 Å². The lowest BCUT2D eigenvalue weighted by Crippen LogP contribution is -2.29. The first-order valence-corrected chi connectivity index (χ1v) is 8.73. The number of carbonyl (C=O) groups excluding carboxylic acids is 1. The van der Waals surface area contributed by atoms with Gasteiger partial charge >= 0.3 is 5.97 Å². The molecule has 3 nitrogen and oxygen atoms in total. The Morgan fingerprint density at radius 1 is 1.16 bits per heavy atom. The van der Waals surface area contributed by atoms with Crippen molar-refractivity contribution < 1.29 is 9.53 Å². The maximum atomic E-state index is 12.4. The van der Waals surface area contributed by atoms with Crippen molar-refractivity contribution in [3.63, 3.8) is 0 Å². The first-order valence-electron chi connectivity index (χ1n) is 8.73. The van der Waals surface area contributed by atoms with Gasteiger partial charge in [0.05, 0.1) is 13.0 Å². The van der Waals surface area contributed by atoms with Gasteiger partial charge in [0.15, 0.2) is 0 Å². The molecule has 1 unspecified atom stereocenters. The average molecular weight is 333 g/mol. The highest BCUT2D eigenvalue weighted by atomic mass is 16.5. The Labute approximate surface area is 149 Å². The molecule has 128 valence electrons. The number of fused-ring (bicyclic) bond motifs is 3. The summed E-state index contributed by atoms with van der Waals surface area (Å²) in [7, 11) is 0. The summed E-state index contributed by atoms with van der Waals surface area (Å²) in [6.07, 6.45) is 7.70. The predicted octanol–water partition coefficient (Wildman–Crippen LogP) is 4.27. The second kappa shape index (κ2) is 6.64. The molecule has 0 saturated carbocycles. The van der Waals surface area contributed by atoms with E-state index in [1.807, 2.05) is 37.3 Å². The molecule has 3 heteroatoms. The molecule has 2 N–H and O–H groups in total. The molecule has 2 aromatic rings. The molecule has 0 spiro atoms. The number of hydrogen-bond acceptors (Lipinski definition) is 3. The molecule has 0 aromatic heterocycles. The van der Waals surface area contributed by atoms with Crippen LogP contribution >= 0.6 is 0 Å². The summed E-state index contributed by atoms with van der Waals surface area (Å²) in [4.78, 5) is 12.4. The number of anilines is 1. The summed E-state index contributed by atoms with van der Waals surface area (Å²) in [6.45, 7) is 4.33. The van der Waals surface area contributed by atoms with E-state index in [1.165, 1.54) is 0 Å². The Morgan fingerprint density at radius 2 is 1.84 bits per heavy atom. The van der Waals surface area contributed by atoms with Crippen molar-refractivity contribution in [1.82, 2.24) is 0 Å². The zero-order valence-corrected chi connectivity index (χ0v) is 14.8. The van der Waals surface area contributed by atoms with E-state index in [4.69, 9.17) is 16.9 Å². The van der Waals surface area contributed by atoms with Gasteiger partial charge in [0.2, 0.25) is 0 Å². The molecular weight excluding hydrogens is 310 g/mol. The maximum absolute atomic E-state index is 12.4. The van der Waals surface area contributed by atoms with E-state index >= 15 is 0 Å². The summed E-state index contributed by atoms with van der Waals surface area (Å²) in [6, 6.07) is 12.0. The highest BCUT2D eigenvalue weighted by Gasteiger charge is 2.44. The predicted molar refractivity (Wildman–Crippen MR) is 101 cm³/mol. The Balaban J connectivity index is 2.26. The summed E-state index contributed by atoms with van der Waals surface area (Å²) in [5.41, 5.74) is 11.6. The van der Waals surface area contributed by atoms with Crippen molar-refractivity contribution in [3.8, 4) is 23.5 Å². The van der Waals surface area contributed by atoms with Crippen LogP contribution < -0.4 is 5.73 Å². The van der Waals surface area contributed by atoms with Crippen LogP contribution in [0.4, 0.5) is 5.69 Å². The minimum Gasteiger partial charge on any atom is -0.466 e. The molecule has 1 atom stereocenters. The van der Waals surface area contributed by atoms with Crippen molar-refractivity contribution in [1.29, 1.82) is 0 Å².